The molecular formula is C69H43N5O. The molecule has 6 nitrogen and oxygen atoms in total. The van der Waals surface area contributed by atoms with Gasteiger partial charge in [0.2, 0.25) is 0 Å². The first kappa shape index (κ1) is 42.5. The van der Waals surface area contributed by atoms with E-state index in [-0.39, 0.29) is 0 Å². The van der Waals surface area contributed by atoms with Crippen LogP contribution in [-0.4, -0.2) is 24.1 Å². The molecule has 0 amide bonds. The molecule has 0 aliphatic rings. The Morgan fingerprint density at radius 2 is 0.667 bits per heavy atom. The van der Waals surface area contributed by atoms with Crippen molar-refractivity contribution >= 4 is 65.6 Å². The number of nitrogens with zero attached hydrogens (tertiary/aromatic N) is 5. The molecule has 6 heteroatoms. The van der Waals surface area contributed by atoms with Crippen LogP contribution in [0.1, 0.15) is 0 Å². The Morgan fingerprint density at radius 3 is 1.27 bits per heavy atom. The van der Waals surface area contributed by atoms with Crippen LogP contribution < -0.4 is 0 Å². The van der Waals surface area contributed by atoms with E-state index >= 15 is 0 Å². The van der Waals surface area contributed by atoms with Crippen LogP contribution in [0.25, 0.3) is 144 Å². The number of rotatable bonds is 8. The quantitative estimate of drug-likeness (QED) is 0.152. The van der Waals surface area contributed by atoms with Gasteiger partial charge >= 0.3 is 0 Å². The fourth-order valence-corrected chi connectivity index (χ4v) is 11.3. The molecule has 0 radical (unpaired) electrons. The van der Waals surface area contributed by atoms with Crippen molar-refractivity contribution in [2.24, 2.45) is 0 Å². The Balaban J connectivity index is 0.906. The van der Waals surface area contributed by atoms with Gasteiger partial charge in [0.15, 0.2) is 17.5 Å². The van der Waals surface area contributed by atoms with Gasteiger partial charge in [0.05, 0.1) is 33.4 Å². The highest BCUT2D eigenvalue weighted by Crippen LogP contribution is 2.42. The third kappa shape index (κ3) is 7.07. The lowest BCUT2D eigenvalue weighted by molar-refractivity contribution is 0.669. The maximum atomic E-state index is 6.30. The van der Waals surface area contributed by atoms with Gasteiger partial charge in [-0.15, -0.1) is 0 Å². The summed E-state index contributed by atoms with van der Waals surface area (Å²) < 4.78 is 11.1. The van der Waals surface area contributed by atoms with Crippen LogP contribution in [-0.2, 0) is 0 Å². The number of furan rings is 1. The van der Waals surface area contributed by atoms with E-state index in [1.807, 2.05) is 30.3 Å². The standard InChI is InChI=1S/C69H43N5O/c1-3-17-44(18-4-1)48-36-39-63(73-59-26-12-7-21-52(59)53-22-8-13-27-60(53)73)57(41-48)45-31-33-47(34-32-45)68-70-67(46-19-5-2-6-20-46)71-69(72-68)50-35-38-51(49-37-40-66-58(42-49)56-25-11-16-30-65(56)75-66)64(43-50)74-61-28-14-9-23-54(61)55-24-10-15-29-62(55)74/h1-43H. The maximum Gasteiger partial charge on any atom is 0.164 e. The summed E-state index contributed by atoms with van der Waals surface area (Å²) in [5.74, 6) is 1.77. The highest BCUT2D eigenvalue weighted by atomic mass is 16.3. The lowest BCUT2D eigenvalue weighted by atomic mass is 9.96. The summed E-state index contributed by atoms with van der Waals surface area (Å²) in [7, 11) is 0. The predicted molar refractivity (Wildman–Crippen MR) is 308 cm³/mol. The molecule has 0 unspecified atom stereocenters. The molecule has 350 valence electrons. The third-order valence-corrected chi connectivity index (χ3v) is 14.8. The van der Waals surface area contributed by atoms with Crippen molar-refractivity contribution in [3.05, 3.63) is 261 Å². The molecule has 4 heterocycles. The Morgan fingerprint density at radius 1 is 0.240 bits per heavy atom. The zero-order chi connectivity index (χ0) is 49.4. The van der Waals surface area contributed by atoms with E-state index in [4.69, 9.17) is 19.4 Å². The zero-order valence-electron chi connectivity index (χ0n) is 40.5. The minimum atomic E-state index is 0.581. The zero-order valence-corrected chi connectivity index (χ0v) is 40.5. The number of aromatic nitrogens is 5. The molecule has 0 aliphatic heterocycles. The molecule has 75 heavy (non-hydrogen) atoms. The summed E-state index contributed by atoms with van der Waals surface area (Å²) in [6.45, 7) is 0. The highest BCUT2D eigenvalue weighted by molar-refractivity contribution is 6.12. The summed E-state index contributed by atoms with van der Waals surface area (Å²) in [5.41, 5.74) is 17.7. The maximum absolute atomic E-state index is 6.30. The van der Waals surface area contributed by atoms with E-state index in [2.05, 4.69) is 240 Å². The fourth-order valence-electron chi connectivity index (χ4n) is 11.3. The molecule has 0 saturated carbocycles. The van der Waals surface area contributed by atoms with Crippen molar-refractivity contribution in [2.75, 3.05) is 0 Å². The van der Waals surface area contributed by atoms with Crippen molar-refractivity contribution in [1.29, 1.82) is 0 Å². The highest BCUT2D eigenvalue weighted by Gasteiger charge is 2.21. The Hall–Kier alpha value is -10.2. The van der Waals surface area contributed by atoms with E-state index < -0.39 is 0 Å². The van der Waals surface area contributed by atoms with Gasteiger partial charge in [0, 0.05) is 60.1 Å². The van der Waals surface area contributed by atoms with E-state index in [0.29, 0.717) is 17.5 Å². The van der Waals surface area contributed by atoms with Crippen LogP contribution in [0.15, 0.2) is 265 Å². The summed E-state index contributed by atoms with van der Waals surface area (Å²) in [6.07, 6.45) is 0. The summed E-state index contributed by atoms with van der Waals surface area (Å²) >= 11 is 0. The molecule has 15 aromatic rings. The molecule has 0 fully saturated rings. The van der Waals surface area contributed by atoms with Gasteiger partial charge in [-0.1, -0.05) is 200 Å². The van der Waals surface area contributed by atoms with Crippen molar-refractivity contribution in [3.63, 3.8) is 0 Å². The first-order valence-corrected chi connectivity index (χ1v) is 25.3. The van der Waals surface area contributed by atoms with Crippen LogP contribution >= 0.6 is 0 Å². The van der Waals surface area contributed by atoms with Crippen LogP contribution in [0, 0.1) is 0 Å². The second kappa shape index (κ2) is 17.3. The topological polar surface area (TPSA) is 61.7 Å². The van der Waals surface area contributed by atoms with E-state index in [1.54, 1.807) is 0 Å². The molecule has 0 N–H and O–H groups in total. The summed E-state index contributed by atoms with van der Waals surface area (Å²) in [6, 6.07) is 92.4. The molecule has 0 spiro atoms. The van der Waals surface area contributed by atoms with Crippen LogP contribution in [0.3, 0.4) is 0 Å². The monoisotopic (exact) mass is 957 g/mol. The average Bonchev–Trinajstić information content (AvgIpc) is 4.17. The van der Waals surface area contributed by atoms with Crippen molar-refractivity contribution in [3.8, 4) is 78.9 Å². The van der Waals surface area contributed by atoms with Crippen LogP contribution in [0.2, 0.25) is 0 Å². The average molecular weight is 958 g/mol. The van der Waals surface area contributed by atoms with Gasteiger partial charge in [0.25, 0.3) is 0 Å². The number of fused-ring (bicyclic) bond motifs is 9. The van der Waals surface area contributed by atoms with Crippen LogP contribution in [0.4, 0.5) is 0 Å². The smallest absolute Gasteiger partial charge is 0.164 e. The van der Waals surface area contributed by atoms with E-state index in [0.717, 1.165) is 105 Å². The molecule has 0 bridgehead atoms. The second-order valence-corrected chi connectivity index (χ2v) is 19.1. The summed E-state index contributed by atoms with van der Waals surface area (Å²) in [4.78, 5) is 15.8. The second-order valence-electron chi connectivity index (χ2n) is 19.1. The van der Waals surface area contributed by atoms with Crippen molar-refractivity contribution in [2.45, 2.75) is 0 Å². The first-order chi connectivity index (χ1) is 37.2. The largest absolute Gasteiger partial charge is 0.456 e. The van der Waals surface area contributed by atoms with E-state index in [9.17, 15) is 0 Å². The Labute approximate surface area is 431 Å². The number of hydrogen-bond acceptors (Lipinski definition) is 4. The molecule has 0 atom stereocenters. The minimum absolute atomic E-state index is 0.581. The minimum Gasteiger partial charge on any atom is -0.456 e. The third-order valence-electron chi connectivity index (χ3n) is 14.8. The van der Waals surface area contributed by atoms with Crippen molar-refractivity contribution in [1.82, 2.24) is 24.1 Å². The number of hydrogen-bond donors (Lipinski definition) is 0. The normalized spacial score (nSPS) is 11.7. The van der Waals surface area contributed by atoms with E-state index in [1.165, 1.54) is 21.5 Å². The van der Waals surface area contributed by atoms with Gasteiger partial charge in [-0.05, 0) is 82.9 Å². The molecule has 0 aliphatic carbocycles. The summed E-state index contributed by atoms with van der Waals surface area (Å²) in [5, 5.41) is 6.99. The SMILES string of the molecule is c1ccc(-c2ccc(-n3c4ccccc4c4ccccc43)c(-c3ccc(-c4nc(-c5ccccc5)nc(-c5ccc(-c6ccc7oc8ccccc8c7c6)c(-n6c7ccccc7c7ccccc76)c5)n4)cc3)c2)cc1. The van der Waals surface area contributed by atoms with Gasteiger partial charge in [-0.3, -0.25) is 0 Å². The lowest BCUT2D eigenvalue weighted by Crippen LogP contribution is -2.02. The van der Waals surface area contributed by atoms with Gasteiger partial charge < -0.3 is 13.6 Å². The Kier molecular flexibility index (Phi) is 9.78. The van der Waals surface area contributed by atoms with Gasteiger partial charge in [-0.2, -0.15) is 0 Å². The van der Waals surface area contributed by atoms with Crippen LogP contribution in [0.5, 0.6) is 0 Å². The number of para-hydroxylation sites is 5. The van der Waals surface area contributed by atoms with Crippen molar-refractivity contribution < 1.29 is 4.42 Å². The Bertz CT molecular complexity index is 4600. The molecular weight excluding hydrogens is 915 g/mol. The lowest BCUT2D eigenvalue weighted by Gasteiger charge is -2.17. The molecule has 11 aromatic carbocycles. The fraction of sp³-hybridized carbons (Fsp3) is 0. The van der Waals surface area contributed by atoms with Gasteiger partial charge in [0.1, 0.15) is 11.2 Å². The van der Waals surface area contributed by atoms with Gasteiger partial charge in [-0.25, -0.2) is 15.0 Å². The number of benzene rings is 11. The molecule has 0 saturated heterocycles. The predicted octanol–water partition coefficient (Wildman–Crippen LogP) is 18.0. The first-order valence-electron chi connectivity index (χ1n) is 25.3. The molecule has 15 rings (SSSR count). The molecule has 4 aromatic heterocycles.